The first kappa shape index (κ1) is 26.0. The van der Waals surface area contributed by atoms with Crippen molar-refractivity contribution >= 4 is 28.4 Å². The molecule has 8 heteroatoms. The van der Waals surface area contributed by atoms with Crippen molar-refractivity contribution in [2.75, 3.05) is 25.2 Å². The number of hydrogen-bond donors (Lipinski definition) is 0. The Labute approximate surface area is 230 Å². The van der Waals surface area contributed by atoms with Gasteiger partial charge in [0.15, 0.2) is 0 Å². The molecule has 0 fully saturated rings. The monoisotopic (exact) mass is 546 g/mol. The number of ether oxygens (including phenoxy) is 3. The zero-order valence-electron chi connectivity index (χ0n) is 22.5. The molecule has 0 N–H and O–H groups in total. The van der Waals surface area contributed by atoms with Gasteiger partial charge < -0.3 is 19.1 Å². The molecule has 4 aromatic rings. The molecule has 2 heterocycles. The van der Waals surface area contributed by atoms with Gasteiger partial charge in [-0.1, -0.05) is 36.4 Å². The maximum Gasteiger partial charge on any atom is 0.417 e. The van der Waals surface area contributed by atoms with Crippen molar-refractivity contribution in [3.05, 3.63) is 90.0 Å². The minimum Gasteiger partial charge on any atom is -0.497 e. The molecule has 206 valence electrons. The highest BCUT2D eigenvalue weighted by Gasteiger charge is 2.59. The largest absolute Gasteiger partial charge is 0.497 e. The molecule has 4 aromatic carbocycles. The van der Waals surface area contributed by atoms with Crippen molar-refractivity contribution < 1.29 is 27.4 Å². The summed E-state index contributed by atoms with van der Waals surface area (Å²) in [6.45, 7) is 5.10. The van der Waals surface area contributed by atoms with Gasteiger partial charge in [-0.05, 0) is 73.7 Å². The normalized spacial score (nSPS) is 18.9. The molecule has 0 saturated heterocycles. The van der Waals surface area contributed by atoms with Crippen LogP contribution in [0.25, 0.3) is 10.8 Å². The smallest absolute Gasteiger partial charge is 0.417 e. The van der Waals surface area contributed by atoms with Crippen molar-refractivity contribution in [1.82, 2.24) is 0 Å². The average Bonchev–Trinajstić information content (AvgIpc) is 3.12. The Hall–Kier alpha value is -4.20. The Morgan fingerprint density at radius 1 is 0.900 bits per heavy atom. The number of rotatable bonds is 6. The van der Waals surface area contributed by atoms with E-state index in [1.54, 1.807) is 18.3 Å². The summed E-state index contributed by atoms with van der Waals surface area (Å²) in [6.07, 6.45) is -2.18. The summed E-state index contributed by atoms with van der Waals surface area (Å²) in [5.74, 6) is 1.22. The number of hydrogen-bond acceptors (Lipinski definition) is 5. The minimum absolute atomic E-state index is 0.0196. The number of benzene rings is 4. The van der Waals surface area contributed by atoms with E-state index in [2.05, 4.69) is 4.90 Å². The summed E-state index contributed by atoms with van der Waals surface area (Å²) in [5.41, 5.74) is -0.185. The van der Waals surface area contributed by atoms with Gasteiger partial charge in [0, 0.05) is 17.6 Å². The van der Waals surface area contributed by atoms with Crippen LogP contribution >= 0.6 is 0 Å². The second-order valence-corrected chi connectivity index (χ2v) is 10.5. The van der Waals surface area contributed by atoms with Gasteiger partial charge in [0.25, 0.3) is 0 Å². The maximum atomic E-state index is 14.3. The molecule has 6 rings (SSSR count). The molecule has 40 heavy (non-hydrogen) atoms. The summed E-state index contributed by atoms with van der Waals surface area (Å²) in [7, 11) is 1.43. The first-order chi connectivity index (χ1) is 19.2. The second kappa shape index (κ2) is 9.47. The third kappa shape index (κ3) is 4.05. The van der Waals surface area contributed by atoms with E-state index in [-0.39, 0.29) is 11.1 Å². The predicted molar refractivity (Wildman–Crippen MR) is 150 cm³/mol. The van der Waals surface area contributed by atoms with Crippen LogP contribution in [0.4, 0.5) is 24.5 Å². The third-order valence-electron chi connectivity index (χ3n) is 7.92. The number of nitrogens with zero attached hydrogens (tertiary/aromatic N) is 2. The summed E-state index contributed by atoms with van der Waals surface area (Å²) >= 11 is 0. The van der Waals surface area contributed by atoms with Crippen molar-refractivity contribution in [2.45, 2.75) is 37.6 Å². The van der Waals surface area contributed by atoms with Crippen LogP contribution in [0.1, 0.15) is 31.4 Å². The highest BCUT2D eigenvalue weighted by molar-refractivity contribution is 6.02. The fourth-order valence-electron chi connectivity index (χ4n) is 5.86. The molecule has 2 aliphatic heterocycles. The fraction of sp³-hybridized carbons (Fsp3) is 0.281. The van der Waals surface area contributed by atoms with E-state index in [1.165, 1.54) is 13.2 Å². The Balaban J connectivity index is 1.42. The molecule has 5 nitrogen and oxygen atoms in total. The highest BCUT2D eigenvalue weighted by Crippen LogP contribution is 2.56. The molecular formula is C32H29F3N2O3. The van der Waals surface area contributed by atoms with E-state index in [9.17, 15) is 13.2 Å². The van der Waals surface area contributed by atoms with Gasteiger partial charge in [-0.25, -0.2) is 0 Å². The summed E-state index contributed by atoms with van der Waals surface area (Å²) < 4.78 is 60.8. The molecule has 1 spiro atoms. The molecule has 2 aliphatic rings. The van der Waals surface area contributed by atoms with E-state index in [4.69, 9.17) is 19.2 Å². The van der Waals surface area contributed by atoms with Gasteiger partial charge in [0.05, 0.1) is 30.9 Å². The quantitative estimate of drug-likeness (QED) is 0.231. The minimum atomic E-state index is -4.60. The van der Waals surface area contributed by atoms with Crippen LogP contribution in [-0.2, 0) is 11.6 Å². The Morgan fingerprint density at radius 2 is 1.65 bits per heavy atom. The van der Waals surface area contributed by atoms with Crippen LogP contribution < -0.4 is 19.1 Å². The van der Waals surface area contributed by atoms with Crippen molar-refractivity contribution in [2.24, 2.45) is 4.99 Å². The predicted octanol–water partition coefficient (Wildman–Crippen LogP) is 7.93. The Kier molecular flexibility index (Phi) is 6.16. The van der Waals surface area contributed by atoms with Crippen molar-refractivity contribution in [1.29, 1.82) is 0 Å². The fourth-order valence-corrected chi connectivity index (χ4v) is 5.86. The molecule has 0 saturated carbocycles. The zero-order valence-corrected chi connectivity index (χ0v) is 22.5. The van der Waals surface area contributed by atoms with E-state index >= 15 is 0 Å². The SMILES string of the molecule is COc1ccc2c3c(cc(C(F)(F)F)c2c1)OC1(C=N3)N(CCCOc2ccccc2)c2ccccc2C1(C)C. The molecule has 0 aromatic heterocycles. The van der Waals surface area contributed by atoms with Crippen molar-refractivity contribution in [3.8, 4) is 17.2 Å². The summed E-state index contributed by atoms with van der Waals surface area (Å²) in [4.78, 5) is 6.91. The van der Waals surface area contributed by atoms with Crippen LogP contribution in [-0.4, -0.2) is 32.2 Å². The summed E-state index contributed by atoms with van der Waals surface area (Å²) in [5, 5.41) is 0.374. The molecule has 0 radical (unpaired) electrons. The van der Waals surface area contributed by atoms with Gasteiger partial charge in [-0.3, -0.25) is 4.99 Å². The molecule has 1 unspecified atom stereocenters. The molecular weight excluding hydrogens is 517 g/mol. The van der Waals surface area contributed by atoms with Crippen LogP contribution in [0.5, 0.6) is 17.2 Å². The number of fused-ring (bicyclic) bond motifs is 4. The standard InChI is InChI=1S/C32H29F3N2O3/c1-30(2)25-12-7-8-13-27(25)37(16-9-17-39-21-10-5-4-6-11-21)31(30)20-36-29-23-15-14-22(38-3)18-24(23)26(32(33,34)35)19-28(29)40-31/h4-8,10-15,18-20H,9,16-17H2,1-3H3. The Morgan fingerprint density at radius 3 is 2.40 bits per heavy atom. The number of halogens is 3. The van der Waals surface area contributed by atoms with E-state index in [0.29, 0.717) is 36.4 Å². The van der Waals surface area contributed by atoms with Crippen molar-refractivity contribution in [3.63, 3.8) is 0 Å². The number of methoxy groups -OCH3 is 1. The number of aliphatic imine (C=N–C) groups is 1. The first-order valence-corrected chi connectivity index (χ1v) is 13.2. The van der Waals surface area contributed by atoms with Gasteiger partial charge in [-0.2, -0.15) is 13.2 Å². The molecule has 1 atom stereocenters. The van der Waals surface area contributed by atoms with E-state index in [0.717, 1.165) is 23.1 Å². The second-order valence-electron chi connectivity index (χ2n) is 10.5. The van der Waals surface area contributed by atoms with Gasteiger partial charge >= 0.3 is 6.18 Å². The molecule has 0 amide bonds. The number of para-hydroxylation sites is 2. The number of anilines is 1. The number of alkyl halides is 3. The van der Waals surface area contributed by atoms with Crippen LogP contribution in [0.2, 0.25) is 0 Å². The first-order valence-electron chi connectivity index (χ1n) is 13.2. The highest BCUT2D eigenvalue weighted by atomic mass is 19.4. The van der Waals surface area contributed by atoms with E-state index in [1.807, 2.05) is 68.4 Å². The molecule has 0 bridgehead atoms. The Bertz CT molecular complexity index is 1600. The van der Waals surface area contributed by atoms with Crippen LogP contribution in [0.15, 0.2) is 83.9 Å². The van der Waals surface area contributed by atoms with Crippen LogP contribution in [0.3, 0.4) is 0 Å². The lowest BCUT2D eigenvalue weighted by Gasteiger charge is -2.46. The molecule has 0 aliphatic carbocycles. The lowest BCUT2D eigenvalue weighted by Crippen LogP contribution is -2.62. The van der Waals surface area contributed by atoms with Gasteiger partial charge in [0.1, 0.15) is 22.9 Å². The van der Waals surface area contributed by atoms with Gasteiger partial charge in [0.2, 0.25) is 5.72 Å². The average molecular weight is 547 g/mol. The van der Waals surface area contributed by atoms with E-state index < -0.39 is 22.9 Å². The lowest BCUT2D eigenvalue weighted by atomic mass is 9.77. The summed E-state index contributed by atoms with van der Waals surface area (Å²) in [6, 6.07) is 23.3. The lowest BCUT2D eigenvalue weighted by molar-refractivity contribution is -0.136. The topological polar surface area (TPSA) is 43.3 Å². The van der Waals surface area contributed by atoms with Gasteiger partial charge in [-0.15, -0.1) is 0 Å². The zero-order chi connectivity index (χ0) is 28.1. The van der Waals surface area contributed by atoms with Crippen LogP contribution in [0, 0.1) is 0 Å². The maximum absolute atomic E-state index is 14.3. The third-order valence-corrected chi connectivity index (χ3v) is 7.92.